The molecule has 2 saturated heterocycles. The monoisotopic (exact) mass is 491 g/mol. The number of fused-ring (bicyclic) bond motifs is 2. The number of likely N-dealkylation sites (N-methyl/N-ethyl adjacent to an activating group) is 1. The summed E-state index contributed by atoms with van der Waals surface area (Å²) in [7, 11) is 3.15. The molecular weight excluding hydrogens is 462 g/mol. The quantitative estimate of drug-likeness (QED) is 0.375. The molecule has 2 aromatic carbocycles. The van der Waals surface area contributed by atoms with Gasteiger partial charge in [0.1, 0.15) is 11.5 Å². The van der Waals surface area contributed by atoms with Gasteiger partial charge in [0.05, 0.1) is 25.9 Å². The molecule has 3 heterocycles. The maximum absolute atomic E-state index is 14.0. The average molecular weight is 492 g/mol. The summed E-state index contributed by atoms with van der Waals surface area (Å²) in [6, 6.07) is 13.6. The van der Waals surface area contributed by atoms with Gasteiger partial charge in [-0.25, -0.2) is 0 Å². The second-order valence-corrected chi connectivity index (χ2v) is 9.14. The lowest BCUT2D eigenvalue weighted by Gasteiger charge is -2.35. The largest absolute Gasteiger partial charge is 0.507 e. The number of morpholine rings is 1. The van der Waals surface area contributed by atoms with Crippen LogP contribution in [-0.4, -0.2) is 86.1 Å². The number of carbonyl (C=O) groups excluding carboxylic acids is 3. The topological polar surface area (TPSA) is 99.6 Å². The van der Waals surface area contributed by atoms with Gasteiger partial charge in [-0.3, -0.25) is 19.3 Å². The number of anilines is 1. The summed E-state index contributed by atoms with van der Waals surface area (Å²) in [5.74, 6) is -1.90. The van der Waals surface area contributed by atoms with Gasteiger partial charge < -0.3 is 24.4 Å². The van der Waals surface area contributed by atoms with Crippen molar-refractivity contribution in [1.29, 1.82) is 0 Å². The van der Waals surface area contributed by atoms with Crippen LogP contribution in [-0.2, 0) is 24.7 Å². The zero-order chi connectivity index (χ0) is 25.4. The Morgan fingerprint density at radius 2 is 1.72 bits per heavy atom. The fourth-order valence-corrected chi connectivity index (χ4v) is 5.44. The average Bonchev–Trinajstić information content (AvgIpc) is 3.27. The highest BCUT2D eigenvalue weighted by atomic mass is 16.5. The lowest BCUT2D eigenvalue weighted by Crippen LogP contribution is -2.52. The molecule has 0 aliphatic carbocycles. The van der Waals surface area contributed by atoms with Crippen LogP contribution >= 0.6 is 0 Å². The number of para-hydroxylation sites is 1. The predicted octanol–water partition coefficient (Wildman–Crippen LogP) is 1.97. The number of rotatable bonds is 6. The standard InChI is InChI=1S/C27H29N3O6/c1-28-21-7-4-3-6-20(21)27(26(28)34)22(23(31)18-8-10-19(35-2)11-9-18)24(32)25(33)30(27)13-5-12-29-14-16-36-17-15-29/h3-4,6-11,31H,5,12-17H2,1-2H3/b23-22-. The second-order valence-electron chi connectivity index (χ2n) is 9.14. The summed E-state index contributed by atoms with van der Waals surface area (Å²) in [5.41, 5.74) is -0.498. The number of amides is 2. The summed E-state index contributed by atoms with van der Waals surface area (Å²) >= 11 is 0. The fourth-order valence-electron chi connectivity index (χ4n) is 5.44. The molecule has 2 fully saturated rings. The van der Waals surface area contributed by atoms with Crippen LogP contribution in [0.4, 0.5) is 5.69 Å². The van der Waals surface area contributed by atoms with Gasteiger partial charge in [0.2, 0.25) is 0 Å². The van der Waals surface area contributed by atoms with E-state index in [1.807, 2.05) is 0 Å². The van der Waals surface area contributed by atoms with E-state index in [0.29, 0.717) is 48.7 Å². The number of nitrogens with zero attached hydrogens (tertiary/aromatic N) is 3. The molecule has 188 valence electrons. The summed E-state index contributed by atoms with van der Waals surface area (Å²) in [6.07, 6.45) is 0.566. The van der Waals surface area contributed by atoms with Crippen molar-refractivity contribution in [3.05, 3.63) is 65.2 Å². The minimum atomic E-state index is -1.73. The Hall–Kier alpha value is -3.69. The van der Waals surface area contributed by atoms with Crippen LogP contribution in [0.1, 0.15) is 17.5 Å². The van der Waals surface area contributed by atoms with Crippen molar-refractivity contribution in [3.8, 4) is 5.75 Å². The number of hydrogen-bond acceptors (Lipinski definition) is 7. The van der Waals surface area contributed by atoms with Crippen molar-refractivity contribution >= 4 is 29.0 Å². The van der Waals surface area contributed by atoms with Crippen molar-refractivity contribution in [3.63, 3.8) is 0 Å². The number of likely N-dealkylation sites (tertiary alicyclic amines) is 1. The molecule has 1 unspecified atom stereocenters. The van der Waals surface area contributed by atoms with Crippen LogP contribution in [0.3, 0.4) is 0 Å². The fraction of sp³-hybridized carbons (Fsp3) is 0.370. The first kappa shape index (κ1) is 24.0. The molecule has 36 heavy (non-hydrogen) atoms. The van der Waals surface area contributed by atoms with Gasteiger partial charge in [0.25, 0.3) is 17.6 Å². The Bertz CT molecular complexity index is 1230. The van der Waals surface area contributed by atoms with Gasteiger partial charge in [0.15, 0.2) is 5.54 Å². The minimum Gasteiger partial charge on any atom is -0.507 e. The van der Waals surface area contributed by atoms with Gasteiger partial charge in [-0.05, 0) is 36.8 Å². The minimum absolute atomic E-state index is 0.190. The van der Waals surface area contributed by atoms with E-state index in [0.717, 1.165) is 13.1 Å². The van der Waals surface area contributed by atoms with Gasteiger partial charge in [0, 0.05) is 50.0 Å². The molecule has 0 bridgehead atoms. The number of ether oxygens (including phenoxy) is 2. The third kappa shape index (κ3) is 3.58. The van der Waals surface area contributed by atoms with E-state index < -0.39 is 23.1 Å². The third-order valence-electron chi connectivity index (χ3n) is 7.26. The Morgan fingerprint density at radius 3 is 2.42 bits per heavy atom. The van der Waals surface area contributed by atoms with Crippen molar-refractivity contribution < 1.29 is 29.0 Å². The van der Waals surface area contributed by atoms with Crippen LogP contribution in [0, 0.1) is 0 Å². The molecule has 1 N–H and O–H groups in total. The van der Waals surface area contributed by atoms with Gasteiger partial charge in [-0.15, -0.1) is 0 Å². The molecule has 3 aliphatic rings. The molecule has 0 saturated carbocycles. The van der Waals surface area contributed by atoms with Crippen LogP contribution in [0.15, 0.2) is 54.1 Å². The molecule has 2 aromatic rings. The second kappa shape index (κ2) is 9.40. The number of methoxy groups -OCH3 is 1. The maximum atomic E-state index is 14.0. The molecule has 2 amide bonds. The number of aliphatic hydroxyl groups excluding tert-OH is 1. The van der Waals surface area contributed by atoms with Gasteiger partial charge >= 0.3 is 0 Å². The van der Waals surface area contributed by atoms with Crippen molar-refractivity contribution in [1.82, 2.24) is 9.80 Å². The van der Waals surface area contributed by atoms with E-state index in [1.165, 1.54) is 16.9 Å². The van der Waals surface area contributed by atoms with Crippen molar-refractivity contribution in [2.24, 2.45) is 0 Å². The Kier molecular flexibility index (Phi) is 6.27. The molecule has 0 aromatic heterocycles. The van der Waals surface area contributed by atoms with Gasteiger partial charge in [-0.1, -0.05) is 18.2 Å². The summed E-state index contributed by atoms with van der Waals surface area (Å²) in [5, 5.41) is 11.4. The van der Waals surface area contributed by atoms with E-state index in [9.17, 15) is 19.5 Å². The zero-order valence-corrected chi connectivity index (χ0v) is 20.4. The molecule has 1 spiro atoms. The maximum Gasteiger partial charge on any atom is 0.296 e. The van der Waals surface area contributed by atoms with E-state index in [4.69, 9.17) is 9.47 Å². The lowest BCUT2D eigenvalue weighted by molar-refractivity contribution is -0.143. The molecule has 9 heteroatoms. The molecule has 1 atom stereocenters. The van der Waals surface area contributed by atoms with Crippen molar-refractivity contribution in [2.75, 3.05) is 58.5 Å². The first-order valence-electron chi connectivity index (χ1n) is 12.0. The summed E-state index contributed by atoms with van der Waals surface area (Å²) in [6.45, 7) is 3.80. The number of carbonyl (C=O) groups is 3. The zero-order valence-electron chi connectivity index (χ0n) is 20.4. The smallest absolute Gasteiger partial charge is 0.296 e. The SMILES string of the molecule is COc1ccc(/C(O)=C2\C(=O)C(=O)N(CCCN3CCOCC3)C23C(=O)N(C)c2ccccc23)cc1. The van der Waals surface area contributed by atoms with E-state index in [1.54, 1.807) is 55.6 Å². The highest BCUT2D eigenvalue weighted by Gasteiger charge is 2.66. The number of Topliss-reactive ketones (excluding diaryl/α,β-unsaturated/α-hetero) is 1. The first-order chi connectivity index (χ1) is 17.4. The highest BCUT2D eigenvalue weighted by Crippen LogP contribution is 2.53. The number of aliphatic hydroxyl groups is 1. The van der Waals surface area contributed by atoms with E-state index in [2.05, 4.69) is 4.90 Å². The highest BCUT2D eigenvalue weighted by molar-refractivity contribution is 6.50. The predicted molar refractivity (Wildman–Crippen MR) is 133 cm³/mol. The van der Waals surface area contributed by atoms with Crippen LogP contribution in [0.5, 0.6) is 5.75 Å². The number of ketones is 1. The molecule has 0 radical (unpaired) electrons. The lowest BCUT2D eigenvalue weighted by atomic mass is 9.82. The van der Waals surface area contributed by atoms with Crippen molar-refractivity contribution in [2.45, 2.75) is 12.0 Å². The van der Waals surface area contributed by atoms with Crippen LogP contribution < -0.4 is 9.64 Å². The third-order valence-corrected chi connectivity index (χ3v) is 7.26. The molecule has 5 rings (SSSR count). The molecular formula is C27H29N3O6. The van der Waals surface area contributed by atoms with Crippen LogP contribution in [0.2, 0.25) is 0 Å². The van der Waals surface area contributed by atoms with E-state index >= 15 is 0 Å². The molecule has 9 nitrogen and oxygen atoms in total. The first-order valence-corrected chi connectivity index (χ1v) is 12.0. The Balaban J connectivity index is 1.62. The normalized spacial score (nSPS) is 23.6. The van der Waals surface area contributed by atoms with Crippen LogP contribution in [0.25, 0.3) is 5.76 Å². The summed E-state index contributed by atoms with van der Waals surface area (Å²) in [4.78, 5) is 46.0. The van der Waals surface area contributed by atoms with Gasteiger partial charge in [-0.2, -0.15) is 0 Å². The molecule has 3 aliphatic heterocycles. The Morgan fingerprint density at radius 1 is 1.03 bits per heavy atom. The summed E-state index contributed by atoms with van der Waals surface area (Å²) < 4.78 is 10.6. The number of hydrogen-bond donors (Lipinski definition) is 1. The van der Waals surface area contributed by atoms with E-state index in [-0.39, 0.29) is 17.9 Å². The Labute approximate surface area is 209 Å². The number of benzene rings is 2.